The monoisotopic (exact) mass is 660 g/mol. The van der Waals surface area contributed by atoms with Gasteiger partial charge in [-0.05, 0) is 108 Å². The Morgan fingerprint density at radius 3 is 1.18 bits per heavy atom. The topological polar surface area (TPSA) is 68.3 Å². The summed E-state index contributed by atoms with van der Waals surface area (Å²) in [6.07, 6.45) is 5.46. The highest BCUT2D eigenvalue weighted by molar-refractivity contribution is 6.04. The molecule has 0 saturated carbocycles. The fourth-order valence-corrected chi connectivity index (χ4v) is 5.77. The number of nitrogens with one attached hydrogen (secondary N) is 2. The average molecular weight is 661 g/mol. The Morgan fingerprint density at radius 1 is 0.420 bits per heavy atom. The summed E-state index contributed by atoms with van der Waals surface area (Å²) < 4.78 is 12.3. The SMILES string of the molecule is c1ccc(C(=C(c2ccc(OCCCNCc3ccccn3)cc2)c2ccc(OCCCNCc3ccccn3)cc2)c2ccccc2)cc1. The van der Waals surface area contributed by atoms with E-state index in [0.717, 1.165) is 89.7 Å². The first kappa shape index (κ1) is 34.3. The smallest absolute Gasteiger partial charge is 0.119 e. The molecule has 0 bridgehead atoms. The summed E-state index contributed by atoms with van der Waals surface area (Å²) in [5.74, 6) is 1.72. The zero-order valence-corrected chi connectivity index (χ0v) is 28.4. The highest BCUT2D eigenvalue weighted by Gasteiger charge is 2.16. The molecule has 2 aromatic heterocycles. The summed E-state index contributed by atoms with van der Waals surface area (Å²) in [5.41, 5.74) is 8.96. The molecule has 0 atom stereocenters. The van der Waals surface area contributed by atoms with Crippen LogP contribution in [0.15, 0.2) is 158 Å². The van der Waals surface area contributed by atoms with Gasteiger partial charge < -0.3 is 20.1 Å². The molecule has 50 heavy (non-hydrogen) atoms. The third kappa shape index (κ3) is 10.2. The van der Waals surface area contributed by atoms with E-state index in [-0.39, 0.29) is 0 Å². The van der Waals surface area contributed by atoms with Gasteiger partial charge in [0.15, 0.2) is 0 Å². The lowest BCUT2D eigenvalue weighted by atomic mass is 9.86. The summed E-state index contributed by atoms with van der Waals surface area (Å²) >= 11 is 0. The molecule has 0 spiro atoms. The molecule has 4 aromatic carbocycles. The third-order valence-electron chi connectivity index (χ3n) is 8.26. The van der Waals surface area contributed by atoms with Crippen LogP contribution in [0.2, 0.25) is 0 Å². The number of rotatable bonds is 18. The van der Waals surface area contributed by atoms with E-state index in [9.17, 15) is 0 Å². The average Bonchev–Trinajstić information content (AvgIpc) is 3.19. The van der Waals surface area contributed by atoms with Gasteiger partial charge in [0.2, 0.25) is 0 Å². The van der Waals surface area contributed by atoms with E-state index >= 15 is 0 Å². The molecule has 0 unspecified atom stereocenters. The first-order valence-corrected chi connectivity index (χ1v) is 17.4. The number of hydrogen-bond acceptors (Lipinski definition) is 6. The highest BCUT2D eigenvalue weighted by atomic mass is 16.5. The summed E-state index contributed by atoms with van der Waals surface area (Å²) in [5, 5.41) is 6.88. The lowest BCUT2D eigenvalue weighted by molar-refractivity contribution is 0.308. The molecule has 0 radical (unpaired) electrons. The van der Waals surface area contributed by atoms with Gasteiger partial charge in [0.1, 0.15) is 11.5 Å². The Labute approximate surface area is 295 Å². The van der Waals surface area contributed by atoms with Crippen molar-refractivity contribution in [1.82, 2.24) is 20.6 Å². The van der Waals surface area contributed by atoms with E-state index in [0.29, 0.717) is 13.2 Å². The second-order valence-electron chi connectivity index (χ2n) is 11.9. The summed E-state index contributed by atoms with van der Waals surface area (Å²) in [6.45, 7) is 4.52. The maximum atomic E-state index is 6.13. The van der Waals surface area contributed by atoms with Crippen molar-refractivity contribution in [3.05, 3.63) is 192 Å². The Hall–Kier alpha value is -5.56. The molecule has 0 aliphatic rings. The molecule has 0 amide bonds. The van der Waals surface area contributed by atoms with Crippen molar-refractivity contribution in [2.75, 3.05) is 26.3 Å². The maximum Gasteiger partial charge on any atom is 0.119 e. The molecule has 0 saturated heterocycles. The second kappa shape index (κ2) is 18.8. The fourth-order valence-electron chi connectivity index (χ4n) is 5.77. The Bertz CT molecular complexity index is 1730. The van der Waals surface area contributed by atoms with Gasteiger partial charge in [-0.3, -0.25) is 9.97 Å². The van der Waals surface area contributed by atoms with E-state index in [4.69, 9.17) is 9.47 Å². The van der Waals surface area contributed by atoms with Gasteiger partial charge in [0.05, 0.1) is 24.6 Å². The van der Waals surface area contributed by atoms with Gasteiger partial charge in [0.25, 0.3) is 0 Å². The minimum absolute atomic E-state index is 0.637. The standard InChI is InChI=1S/C44H44N4O2/c1-3-13-35(14-4-1)43(36-15-5-2-6-16-36)44(37-19-23-41(24-20-37)49-31-11-27-45-33-39-17-7-9-29-47-39)38-21-25-42(26-22-38)50-32-12-28-46-34-40-18-8-10-30-48-40/h1-10,13-26,29-30,45-46H,11-12,27-28,31-34H2. The molecule has 252 valence electrons. The van der Waals surface area contributed by atoms with Crippen LogP contribution in [0, 0.1) is 0 Å². The Kier molecular flexibility index (Phi) is 12.9. The van der Waals surface area contributed by atoms with Gasteiger partial charge in [-0.2, -0.15) is 0 Å². The predicted octanol–water partition coefficient (Wildman–Crippen LogP) is 8.60. The van der Waals surface area contributed by atoms with Gasteiger partial charge >= 0.3 is 0 Å². The van der Waals surface area contributed by atoms with Gasteiger partial charge in [-0.25, -0.2) is 0 Å². The van der Waals surface area contributed by atoms with Gasteiger partial charge in [-0.1, -0.05) is 97.1 Å². The molecule has 2 heterocycles. The van der Waals surface area contributed by atoms with Crippen molar-refractivity contribution in [3.63, 3.8) is 0 Å². The second-order valence-corrected chi connectivity index (χ2v) is 11.9. The van der Waals surface area contributed by atoms with Gasteiger partial charge in [-0.15, -0.1) is 0 Å². The lowest BCUT2D eigenvalue weighted by Gasteiger charge is -2.19. The molecular formula is C44H44N4O2. The highest BCUT2D eigenvalue weighted by Crippen LogP contribution is 2.37. The molecule has 0 fully saturated rings. The number of hydrogen-bond donors (Lipinski definition) is 2. The molecule has 6 heteroatoms. The van der Waals surface area contributed by atoms with Gasteiger partial charge in [0, 0.05) is 25.5 Å². The van der Waals surface area contributed by atoms with E-state index in [1.54, 1.807) is 0 Å². The summed E-state index contributed by atoms with van der Waals surface area (Å²) in [7, 11) is 0. The van der Waals surface area contributed by atoms with Crippen LogP contribution in [-0.4, -0.2) is 36.3 Å². The largest absolute Gasteiger partial charge is 0.494 e. The van der Waals surface area contributed by atoms with Crippen LogP contribution < -0.4 is 20.1 Å². The minimum atomic E-state index is 0.637. The van der Waals surface area contributed by atoms with Crippen LogP contribution >= 0.6 is 0 Å². The first-order valence-electron chi connectivity index (χ1n) is 17.4. The maximum absolute atomic E-state index is 6.13. The quantitative estimate of drug-likeness (QED) is 0.0711. The van der Waals surface area contributed by atoms with E-state index in [1.165, 1.54) is 5.57 Å². The Morgan fingerprint density at radius 2 is 0.800 bits per heavy atom. The third-order valence-corrected chi connectivity index (χ3v) is 8.26. The number of benzene rings is 4. The van der Waals surface area contributed by atoms with Crippen LogP contribution in [0.3, 0.4) is 0 Å². The van der Waals surface area contributed by atoms with E-state index in [1.807, 2.05) is 48.8 Å². The summed E-state index contributed by atoms with van der Waals surface area (Å²) in [4.78, 5) is 8.73. The molecule has 6 nitrogen and oxygen atoms in total. The van der Waals surface area contributed by atoms with E-state index < -0.39 is 0 Å². The van der Waals surface area contributed by atoms with E-state index in [2.05, 4.69) is 130 Å². The molecule has 0 aliphatic heterocycles. The molecule has 2 N–H and O–H groups in total. The zero-order valence-electron chi connectivity index (χ0n) is 28.4. The van der Waals surface area contributed by atoms with Crippen molar-refractivity contribution < 1.29 is 9.47 Å². The van der Waals surface area contributed by atoms with Crippen LogP contribution in [0.4, 0.5) is 0 Å². The lowest BCUT2D eigenvalue weighted by Crippen LogP contribution is -2.17. The minimum Gasteiger partial charge on any atom is -0.494 e. The summed E-state index contributed by atoms with van der Waals surface area (Å²) in [6, 6.07) is 50.1. The Balaban J connectivity index is 1.15. The normalized spacial score (nSPS) is 10.8. The zero-order chi connectivity index (χ0) is 34.1. The molecule has 0 aliphatic carbocycles. The number of pyridine rings is 2. The number of nitrogens with zero attached hydrogens (tertiary/aromatic N) is 2. The van der Waals surface area contributed by atoms with Crippen LogP contribution in [0.5, 0.6) is 11.5 Å². The molecule has 6 rings (SSSR count). The van der Waals surface area contributed by atoms with Crippen molar-refractivity contribution in [1.29, 1.82) is 0 Å². The van der Waals surface area contributed by atoms with Crippen LogP contribution in [0.1, 0.15) is 46.5 Å². The van der Waals surface area contributed by atoms with Crippen molar-refractivity contribution in [3.8, 4) is 11.5 Å². The predicted molar refractivity (Wildman–Crippen MR) is 203 cm³/mol. The number of aromatic nitrogens is 2. The van der Waals surface area contributed by atoms with Crippen LogP contribution in [0.25, 0.3) is 11.1 Å². The van der Waals surface area contributed by atoms with Crippen molar-refractivity contribution in [2.24, 2.45) is 0 Å². The van der Waals surface area contributed by atoms with Crippen LogP contribution in [-0.2, 0) is 13.1 Å². The number of ether oxygens (including phenoxy) is 2. The van der Waals surface area contributed by atoms with Crippen molar-refractivity contribution >= 4 is 11.1 Å². The molecule has 6 aromatic rings. The first-order chi connectivity index (χ1) is 24.8. The fraction of sp³-hybridized carbons (Fsp3) is 0.182. The molecular weight excluding hydrogens is 617 g/mol. The van der Waals surface area contributed by atoms with Crippen molar-refractivity contribution in [2.45, 2.75) is 25.9 Å².